The number of carbonyl (C=O) groups excluding carboxylic acids is 1. The highest BCUT2D eigenvalue weighted by Crippen LogP contribution is 2.33. The minimum atomic E-state index is -0.212. The minimum Gasteiger partial charge on any atom is -0.373 e. The van der Waals surface area contributed by atoms with Gasteiger partial charge in [-0.2, -0.15) is 0 Å². The normalized spacial score (nSPS) is 18.9. The lowest BCUT2D eigenvalue weighted by molar-refractivity contribution is -0.129. The quantitative estimate of drug-likeness (QED) is 0.679. The van der Waals surface area contributed by atoms with Gasteiger partial charge in [-0.3, -0.25) is 9.69 Å². The van der Waals surface area contributed by atoms with E-state index in [4.69, 9.17) is 9.97 Å². The molecule has 2 aliphatic heterocycles. The molecule has 1 aromatic carbocycles. The number of hydrogen-bond donors (Lipinski definition) is 1. The van der Waals surface area contributed by atoms with E-state index in [0.29, 0.717) is 6.54 Å². The molecule has 0 saturated carbocycles. The first-order valence-corrected chi connectivity index (χ1v) is 11.2. The average molecular weight is 437 g/mol. The van der Waals surface area contributed by atoms with Gasteiger partial charge in [-0.25, -0.2) is 14.4 Å². The summed E-state index contributed by atoms with van der Waals surface area (Å²) in [6.07, 6.45) is 4.81. The maximum absolute atomic E-state index is 13.9. The Bertz CT molecular complexity index is 1190. The summed E-state index contributed by atoms with van der Waals surface area (Å²) in [6, 6.07) is 4.91. The van der Waals surface area contributed by atoms with Crippen LogP contribution in [0.5, 0.6) is 0 Å². The van der Waals surface area contributed by atoms with Crippen LogP contribution in [0.3, 0.4) is 0 Å². The van der Waals surface area contributed by atoms with Crippen LogP contribution in [0.1, 0.15) is 48.5 Å². The van der Waals surface area contributed by atoms with Crippen molar-refractivity contribution in [2.24, 2.45) is 7.05 Å². The van der Waals surface area contributed by atoms with Crippen LogP contribution < -0.4 is 5.32 Å². The molecule has 1 N–H and O–H groups in total. The van der Waals surface area contributed by atoms with Gasteiger partial charge in [0.1, 0.15) is 11.6 Å². The molecule has 1 saturated heterocycles. The standard InChI is InChI=1S/C24H29FN6O/c1-15(32)31-9-4-5-22(31)24-27-20-14-30(10-8-18(20)23(26-2)28-24)13-16-12-29(3)21-7-6-17(25)11-19(16)21/h6-7,11-12,22H,4-5,8-10,13-14H2,1-3H3,(H,26,27,28). The molecule has 7 nitrogen and oxygen atoms in total. The Morgan fingerprint density at radius 1 is 1.28 bits per heavy atom. The topological polar surface area (TPSA) is 66.3 Å². The Morgan fingerprint density at radius 2 is 2.12 bits per heavy atom. The van der Waals surface area contributed by atoms with Crippen molar-refractivity contribution >= 4 is 22.6 Å². The van der Waals surface area contributed by atoms with Crippen LogP contribution in [0, 0.1) is 5.82 Å². The van der Waals surface area contributed by atoms with Crippen molar-refractivity contribution in [3.63, 3.8) is 0 Å². The predicted molar refractivity (Wildman–Crippen MR) is 122 cm³/mol. The van der Waals surface area contributed by atoms with E-state index in [1.807, 2.05) is 25.1 Å². The summed E-state index contributed by atoms with van der Waals surface area (Å²) >= 11 is 0. The van der Waals surface area contributed by atoms with E-state index >= 15 is 0 Å². The van der Waals surface area contributed by atoms with E-state index in [0.717, 1.165) is 78.3 Å². The third kappa shape index (κ3) is 3.62. The third-order valence-electron chi connectivity index (χ3n) is 6.78. The number of benzene rings is 1. The Hall–Kier alpha value is -3.00. The second-order valence-corrected chi connectivity index (χ2v) is 8.86. The summed E-state index contributed by atoms with van der Waals surface area (Å²) in [5.74, 6) is 1.46. The zero-order chi connectivity index (χ0) is 22.4. The van der Waals surface area contributed by atoms with Gasteiger partial charge in [0.05, 0.1) is 11.7 Å². The van der Waals surface area contributed by atoms with Crippen molar-refractivity contribution in [2.75, 3.05) is 25.5 Å². The highest BCUT2D eigenvalue weighted by molar-refractivity contribution is 5.84. The molecule has 1 atom stereocenters. The molecule has 1 amide bonds. The fourth-order valence-electron chi connectivity index (χ4n) is 5.22. The molecule has 0 aliphatic carbocycles. The summed E-state index contributed by atoms with van der Waals surface area (Å²) < 4.78 is 15.9. The number of likely N-dealkylation sites (tertiary alicyclic amines) is 1. The lowest BCUT2D eigenvalue weighted by Gasteiger charge is -2.30. The van der Waals surface area contributed by atoms with Crippen LogP contribution in [0.2, 0.25) is 0 Å². The van der Waals surface area contributed by atoms with Crippen molar-refractivity contribution in [2.45, 2.75) is 45.3 Å². The molecule has 0 spiro atoms. The first-order valence-electron chi connectivity index (χ1n) is 11.2. The van der Waals surface area contributed by atoms with Crippen LogP contribution in [-0.2, 0) is 31.4 Å². The van der Waals surface area contributed by atoms with E-state index in [1.165, 1.54) is 6.07 Å². The van der Waals surface area contributed by atoms with Crippen molar-refractivity contribution in [3.8, 4) is 0 Å². The first-order chi connectivity index (χ1) is 15.4. The molecule has 5 rings (SSSR count). The summed E-state index contributed by atoms with van der Waals surface area (Å²) in [7, 11) is 3.89. The van der Waals surface area contributed by atoms with Gasteiger partial charge in [0, 0.05) is 69.9 Å². The zero-order valence-electron chi connectivity index (χ0n) is 18.9. The molecule has 168 valence electrons. The summed E-state index contributed by atoms with van der Waals surface area (Å²) in [6.45, 7) is 4.71. The molecular weight excluding hydrogens is 407 g/mol. The van der Waals surface area contributed by atoms with E-state index in [9.17, 15) is 9.18 Å². The molecule has 32 heavy (non-hydrogen) atoms. The van der Waals surface area contributed by atoms with Crippen LogP contribution in [0.25, 0.3) is 10.9 Å². The second kappa shape index (κ2) is 8.16. The van der Waals surface area contributed by atoms with Gasteiger partial charge in [0.15, 0.2) is 5.82 Å². The number of aryl methyl sites for hydroxylation is 1. The molecule has 1 fully saturated rings. The predicted octanol–water partition coefficient (Wildman–Crippen LogP) is 3.39. The molecule has 4 heterocycles. The molecule has 1 unspecified atom stereocenters. The fraction of sp³-hybridized carbons (Fsp3) is 0.458. The van der Waals surface area contributed by atoms with E-state index in [-0.39, 0.29) is 17.8 Å². The molecule has 0 radical (unpaired) electrons. The Labute approximate surface area is 187 Å². The van der Waals surface area contributed by atoms with E-state index in [1.54, 1.807) is 13.0 Å². The number of anilines is 1. The number of amides is 1. The minimum absolute atomic E-state index is 0.0543. The number of nitrogens with zero attached hydrogens (tertiary/aromatic N) is 5. The number of aromatic nitrogens is 3. The number of carbonyl (C=O) groups is 1. The van der Waals surface area contributed by atoms with Crippen molar-refractivity contribution in [1.29, 1.82) is 0 Å². The van der Waals surface area contributed by atoms with Crippen LogP contribution in [0.15, 0.2) is 24.4 Å². The second-order valence-electron chi connectivity index (χ2n) is 8.86. The molecule has 3 aromatic rings. The largest absolute Gasteiger partial charge is 0.373 e. The average Bonchev–Trinajstić information content (AvgIpc) is 3.38. The monoisotopic (exact) mass is 436 g/mol. The number of rotatable bonds is 4. The number of nitrogens with one attached hydrogen (secondary N) is 1. The van der Waals surface area contributed by atoms with Crippen molar-refractivity contribution in [3.05, 3.63) is 52.9 Å². The van der Waals surface area contributed by atoms with Gasteiger partial charge in [-0.05, 0) is 43.0 Å². The first kappa shape index (κ1) is 20.9. The summed E-state index contributed by atoms with van der Waals surface area (Å²) in [5, 5.41) is 4.20. The zero-order valence-corrected chi connectivity index (χ0v) is 18.9. The number of fused-ring (bicyclic) bond motifs is 2. The lowest BCUT2D eigenvalue weighted by Crippen LogP contribution is -2.33. The highest BCUT2D eigenvalue weighted by atomic mass is 19.1. The lowest BCUT2D eigenvalue weighted by atomic mass is 10.0. The van der Waals surface area contributed by atoms with Gasteiger partial charge in [-0.15, -0.1) is 0 Å². The maximum atomic E-state index is 13.9. The SMILES string of the molecule is CNc1nc(C2CCCN2C(C)=O)nc2c1CCN(Cc1cn(C)c3ccc(F)cc13)C2. The smallest absolute Gasteiger partial charge is 0.220 e. The Kier molecular flexibility index (Phi) is 5.33. The number of hydrogen-bond acceptors (Lipinski definition) is 5. The third-order valence-corrected chi connectivity index (χ3v) is 6.78. The fourth-order valence-corrected chi connectivity index (χ4v) is 5.22. The van der Waals surface area contributed by atoms with Gasteiger partial charge in [-0.1, -0.05) is 0 Å². The molecule has 8 heteroatoms. The van der Waals surface area contributed by atoms with Crippen LogP contribution >= 0.6 is 0 Å². The molecule has 0 bridgehead atoms. The summed E-state index contributed by atoms with van der Waals surface area (Å²) in [5.41, 5.74) is 4.33. The maximum Gasteiger partial charge on any atom is 0.220 e. The molecule has 2 aliphatic rings. The van der Waals surface area contributed by atoms with E-state index < -0.39 is 0 Å². The van der Waals surface area contributed by atoms with Crippen molar-refractivity contribution in [1.82, 2.24) is 24.3 Å². The van der Waals surface area contributed by atoms with Gasteiger partial charge >= 0.3 is 0 Å². The van der Waals surface area contributed by atoms with Gasteiger partial charge in [0.25, 0.3) is 0 Å². The van der Waals surface area contributed by atoms with Crippen LogP contribution in [0.4, 0.5) is 10.2 Å². The van der Waals surface area contributed by atoms with Crippen molar-refractivity contribution < 1.29 is 9.18 Å². The molecule has 2 aromatic heterocycles. The Morgan fingerprint density at radius 3 is 2.91 bits per heavy atom. The van der Waals surface area contributed by atoms with Gasteiger partial charge < -0.3 is 14.8 Å². The van der Waals surface area contributed by atoms with E-state index in [2.05, 4.69) is 21.0 Å². The highest BCUT2D eigenvalue weighted by Gasteiger charge is 2.32. The van der Waals surface area contributed by atoms with Crippen LogP contribution in [-0.4, -0.2) is 50.4 Å². The number of halogens is 1. The Balaban J connectivity index is 1.44. The van der Waals surface area contributed by atoms with Gasteiger partial charge in [0.2, 0.25) is 5.91 Å². The summed E-state index contributed by atoms with van der Waals surface area (Å²) in [4.78, 5) is 26.1. The molecular formula is C24H29FN6O.